The average molecular weight is 397 g/mol. The van der Waals surface area contributed by atoms with Crippen LogP contribution < -0.4 is 14.4 Å². The molecule has 0 radical (unpaired) electrons. The highest BCUT2D eigenvalue weighted by molar-refractivity contribution is 7.88. The van der Waals surface area contributed by atoms with Crippen molar-refractivity contribution in [2.24, 2.45) is 0 Å². The predicted octanol–water partition coefficient (Wildman–Crippen LogP) is 2.99. The number of amides is 1. The number of methoxy groups -OCH3 is 1. The molecule has 0 heterocycles. The molecule has 8 heteroatoms. The van der Waals surface area contributed by atoms with E-state index in [1.807, 2.05) is 0 Å². The Morgan fingerprint density at radius 1 is 1.23 bits per heavy atom. The molecule has 0 saturated heterocycles. The van der Waals surface area contributed by atoms with Crippen LogP contribution in [-0.4, -0.2) is 34.7 Å². The summed E-state index contributed by atoms with van der Waals surface area (Å²) in [4.78, 5) is 14.2. The van der Waals surface area contributed by atoms with Crippen molar-refractivity contribution < 1.29 is 17.9 Å². The van der Waals surface area contributed by atoms with E-state index in [-0.39, 0.29) is 12.3 Å². The highest BCUT2D eigenvalue weighted by Gasteiger charge is 2.22. The summed E-state index contributed by atoms with van der Waals surface area (Å²) >= 11 is 5.89. The Morgan fingerprint density at radius 2 is 1.88 bits per heavy atom. The van der Waals surface area contributed by atoms with Crippen molar-refractivity contribution in [2.75, 3.05) is 25.3 Å². The van der Waals surface area contributed by atoms with Gasteiger partial charge in [0.25, 0.3) is 0 Å². The van der Waals surface area contributed by atoms with Crippen molar-refractivity contribution in [3.8, 4) is 5.75 Å². The third-order valence-electron chi connectivity index (χ3n) is 3.82. The summed E-state index contributed by atoms with van der Waals surface area (Å²) in [6, 6.07) is 13.1. The van der Waals surface area contributed by atoms with Gasteiger partial charge < -0.3 is 9.64 Å². The number of carbonyl (C=O) groups excluding carboxylic acids is 1. The van der Waals surface area contributed by atoms with Crippen molar-refractivity contribution in [1.82, 2.24) is 4.72 Å². The van der Waals surface area contributed by atoms with Crippen molar-refractivity contribution in [2.45, 2.75) is 12.5 Å². The van der Waals surface area contributed by atoms with Crippen LogP contribution in [0.5, 0.6) is 5.75 Å². The van der Waals surface area contributed by atoms with Crippen LogP contribution >= 0.6 is 11.6 Å². The zero-order valence-electron chi connectivity index (χ0n) is 14.8. The lowest BCUT2D eigenvalue weighted by molar-refractivity contribution is -0.118. The van der Waals surface area contributed by atoms with Crippen molar-refractivity contribution >= 4 is 33.2 Å². The summed E-state index contributed by atoms with van der Waals surface area (Å²) < 4.78 is 31.1. The fourth-order valence-electron chi connectivity index (χ4n) is 2.46. The van der Waals surface area contributed by atoms with E-state index in [0.29, 0.717) is 22.0 Å². The normalized spacial score (nSPS) is 12.5. The van der Waals surface area contributed by atoms with Crippen LogP contribution in [0.4, 0.5) is 5.69 Å². The Bertz CT molecular complexity index is 869. The molecule has 0 aliphatic heterocycles. The van der Waals surface area contributed by atoms with E-state index < -0.39 is 16.1 Å². The molecule has 0 aromatic heterocycles. The first-order valence-electron chi connectivity index (χ1n) is 7.83. The lowest BCUT2D eigenvalue weighted by Crippen LogP contribution is -2.34. The number of carbonyl (C=O) groups is 1. The van der Waals surface area contributed by atoms with E-state index in [1.54, 1.807) is 62.7 Å². The van der Waals surface area contributed by atoms with Gasteiger partial charge in [-0.1, -0.05) is 29.8 Å². The van der Waals surface area contributed by atoms with Gasteiger partial charge in [0.1, 0.15) is 5.75 Å². The fourth-order valence-corrected chi connectivity index (χ4v) is 3.32. The Labute approximate surface area is 158 Å². The summed E-state index contributed by atoms with van der Waals surface area (Å²) in [7, 11) is -0.317. The number of sulfonamides is 1. The quantitative estimate of drug-likeness (QED) is 0.780. The van der Waals surface area contributed by atoms with Crippen molar-refractivity contribution in [3.63, 3.8) is 0 Å². The van der Waals surface area contributed by atoms with Gasteiger partial charge in [0.2, 0.25) is 15.9 Å². The second kappa shape index (κ2) is 8.53. The number of rotatable bonds is 7. The van der Waals surface area contributed by atoms with Crippen LogP contribution in [0.25, 0.3) is 0 Å². The predicted molar refractivity (Wildman–Crippen MR) is 103 cm³/mol. The largest absolute Gasteiger partial charge is 0.497 e. The topological polar surface area (TPSA) is 75.7 Å². The van der Waals surface area contributed by atoms with Gasteiger partial charge in [-0.3, -0.25) is 4.79 Å². The van der Waals surface area contributed by atoms with Gasteiger partial charge in [-0.15, -0.1) is 0 Å². The van der Waals surface area contributed by atoms with Crippen molar-refractivity contribution in [3.05, 3.63) is 59.1 Å². The molecule has 0 saturated carbocycles. The van der Waals surface area contributed by atoms with E-state index in [1.165, 1.54) is 4.90 Å². The third-order valence-corrected chi connectivity index (χ3v) is 4.79. The molecule has 26 heavy (non-hydrogen) atoms. The Morgan fingerprint density at radius 3 is 2.46 bits per heavy atom. The lowest BCUT2D eigenvalue weighted by Gasteiger charge is -2.23. The number of nitrogens with one attached hydrogen (secondary N) is 1. The van der Waals surface area contributed by atoms with Crippen LogP contribution in [0.15, 0.2) is 48.5 Å². The summed E-state index contributed by atoms with van der Waals surface area (Å²) in [6.45, 7) is 0. The van der Waals surface area contributed by atoms with E-state index in [4.69, 9.17) is 16.3 Å². The molecule has 6 nitrogen and oxygen atoms in total. The van der Waals surface area contributed by atoms with Crippen LogP contribution in [0.1, 0.15) is 18.0 Å². The van der Waals surface area contributed by atoms with E-state index in [2.05, 4.69) is 4.72 Å². The van der Waals surface area contributed by atoms with Crippen LogP contribution in [0.3, 0.4) is 0 Å². The molecule has 0 bridgehead atoms. The molecule has 0 spiro atoms. The molecule has 2 aromatic carbocycles. The zero-order chi connectivity index (χ0) is 19.3. The minimum atomic E-state index is -3.50. The van der Waals surface area contributed by atoms with Gasteiger partial charge in [0.05, 0.1) is 19.4 Å². The molecular formula is C18H21ClN2O4S. The third kappa shape index (κ3) is 5.72. The minimum Gasteiger partial charge on any atom is -0.497 e. The van der Waals surface area contributed by atoms with Crippen molar-refractivity contribution in [1.29, 1.82) is 0 Å². The number of nitrogens with zero attached hydrogens (tertiary/aromatic N) is 1. The van der Waals surface area contributed by atoms with Gasteiger partial charge >= 0.3 is 0 Å². The SMILES string of the molecule is COc1cccc(N(C)C(=O)C[C@@H](NS(C)(=O)=O)c2ccc(Cl)cc2)c1. The number of anilines is 1. The Balaban J connectivity index is 2.23. The molecule has 0 aliphatic rings. The molecule has 0 fully saturated rings. The second-order valence-corrected chi connectivity index (χ2v) is 8.07. The maximum Gasteiger partial charge on any atom is 0.228 e. The standard InChI is InChI=1S/C18H21ClN2O4S/c1-21(15-5-4-6-16(11-15)25-2)18(22)12-17(20-26(3,23)24)13-7-9-14(19)10-8-13/h4-11,17,20H,12H2,1-3H3/t17-/m1/s1. The Kier molecular flexibility index (Phi) is 6.63. The number of hydrogen-bond acceptors (Lipinski definition) is 4. The van der Waals surface area contributed by atoms with Crippen LogP contribution in [-0.2, 0) is 14.8 Å². The lowest BCUT2D eigenvalue weighted by atomic mass is 10.0. The monoisotopic (exact) mass is 396 g/mol. The molecule has 2 aromatic rings. The minimum absolute atomic E-state index is 0.0393. The molecule has 140 valence electrons. The average Bonchev–Trinajstić information content (AvgIpc) is 2.60. The first-order valence-corrected chi connectivity index (χ1v) is 10.1. The molecule has 1 atom stereocenters. The maximum absolute atomic E-state index is 12.7. The van der Waals surface area contributed by atoms with Gasteiger partial charge in [-0.2, -0.15) is 0 Å². The molecule has 1 N–H and O–H groups in total. The van der Waals surface area contributed by atoms with Gasteiger partial charge in [-0.25, -0.2) is 13.1 Å². The van der Waals surface area contributed by atoms with E-state index >= 15 is 0 Å². The van der Waals surface area contributed by atoms with Crippen LogP contribution in [0.2, 0.25) is 5.02 Å². The number of benzene rings is 2. The van der Waals surface area contributed by atoms with Gasteiger partial charge in [0, 0.05) is 30.2 Å². The number of hydrogen-bond donors (Lipinski definition) is 1. The van der Waals surface area contributed by atoms with Gasteiger partial charge in [0.15, 0.2) is 0 Å². The second-order valence-electron chi connectivity index (χ2n) is 5.85. The molecule has 2 rings (SSSR count). The van der Waals surface area contributed by atoms with Crippen LogP contribution in [0, 0.1) is 0 Å². The molecule has 1 amide bonds. The molecular weight excluding hydrogens is 376 g/mol. The highest BCUT2D eigenvalue weighted by Crippen LogP contribution is 2.24. The highest BCUT2D eigenvalue weighted by atomic mass is 35.5. The zero-order valence-corrected chi connectivity index (χ0v) is 16.3. The molecule has 0 unspecified atom stereocenters. The summed E-state index contributed by atoms with van der Waals surface area (Å²) in [5, 5.41) is 0.534. The summed E-state index contributed by atoms with van der Waals surface area (Å²) in [5.74, 6) is 0.389. The fraction of sp³-hybridized carbons (Fsp3) is 0.278. The van der Waals surface area contributed by atoms with E-state index in [0.717, 1.165) is 6.26 Å². The maximum atomic E-state index is 12.7. The van der Waals surface area contributed by atoms with Gasteiger partial charge in [-0.05, 0) is 29.8 Å². The Hall–Kier alpha value is -2.09. The molecule has 0 aliphatic carbocycles. The summed E-state index contributed by atoms with van der Waals surface area (Å²) in [5.41, 5.74) is 1.32. The van der Waals surface area contributed by atoms with E-state index in [9.17, 15) is 13.2 Å². The first kappa shape index (κ1) is 20.2. The number of ether oxygens (including phenoxy) is 1. The number of halogens is 1. The summed E-state index contributed by atoms with van der Waals surface area (Å²) in [6.07, 6.45) is 1.02. The first-order chi connectivity index (χ1) is 12.2. The smallest absolute Gasteiger partial charge is 0.228 e.